The van der Waals surface area contributed by atoms with Gasteiger partial charge in [-0.2, -0.15) is 0 Å². The number of aromatic nitrogens is 1. The molecule has 0 bridgehead atoms. The molecule has 3 N–H and O–H groups in total. The molecule has 2 aromatic rings. The van der Waals surface area contributed by atoms with Gasteiger partial charge in [0.1, 0.15) is 11.3 Å². The second kappa shape index (κ2) is 5.11. The van der Waals surface area contributed by atoms with Crippen LogP contribution in [-0.2, 0) is 4.79 Å². The second-order valence-corrected chi connectivity index (χ2v) is 4.44. The average Bonchev–Trinajstić information content (AvgIpc) is 2.70. The summed E-state index contributed by atoms with van der Waals surface area (Å²) in [4.78, 5) is 15.7. The fraction of sp³-hybridized carbons (Fsp3) is 0.273. The SMILES string of the molecule is COc1cccc2sc(NC(=O)CCN)nc12. The van der Waals surface area contributed by atoms with Crippen LogP contribution in [0.2, 0.25) is 0 Å². The van der Waals surface area contributed by atoms with Crippen molar-refractivity contribution in [3.8, 4) is 5.75 Å². The first-order chi connectivity index (χ1) is 8.24. The lowest BCUT2D eigenvalue weighted by Crippen LogP contribution is -2.15. The lowest BCUT2D eigenvalue weighted by molar-refractivity contribution is -0.116. The van der Waals surface area contributed by atoms with E-state index < -0.39 is 0 Å². The Balaban J connectivity index is 2.28. The quantitative estimate of drug-likeness (QED) is 0.865. The van der Waals surface area contributed by atoms with Gasteiger partial charge in [0.25, 0.3) is 0 Å². The van der Waals surface area contributed by atoms with E-state index in [-0.39, 0.29) is 5.91 Å². The van der Waals surface area contributed by atoms with E-state index in [0.29, 0.717) is 23.8 Å². The average molecular weight is 251 g/mol. The Morgan fingerprint density at radius 2 is 2.41 bits per heavy atom. The number of methoxy groups -OCH3 is 1. The van der Waals surface area contributed by atoms with Crippen LogP contribution in [-0.4, -0.2) is 24.5 Å². The molecule has 1 amide bonds. The third-order valence-corrected chi connectivity index (χ3v) is 3.16. The Kier molecular flexibility index (Phi) is 3.55. The van der Waals surface area contributed by atoms with Gasteiger partial charge in [-0.05, 0) is 12.1 Å². The number of hydrogen-bond acceptors (Lipinski definition) is 5. The predicted molar refractivity (Wildman–Crippen MR) is 68.5 cm³/mol. The number of nitrogens with one attached hydrogen (secondary N) is 1. The van der Waals surface area contributed by atoms with Gasteiger partial charge in [-0.1, -0.05) is 17.4 Å². The third kappa shape index (κ3) is 2.54. The molecule has 0 spiro atoms. The second-order valence-electron chi connectivity index (χ2n) is 3.41. The molecule has 0 fully saturated rings. The minimum atomic E-state index is -0.120. The summed E-state index contributed by atoms with van der Waals surface area (Å²) in [7, 11) is 1.60. The van der Waals surface area contributed by atoms with Crippen molar-refractivity contribution in [2.75, 3.05) is 19.0 Å². The summed E-state index contributed by atoms with van der Waals surface area (Å²) in [5.41, 5.74) is 6.07. The Bertz CT molecular complexity index is 538. The first kappa shape index (κ1) is 11.8. The van der Waals surface area contributed by atoms with Gasteiger partial charge in [-0.3, -0.25) is 4.79 Å². The summed E-state index contributed by atoms with van der Waals surface area (Å²) in [5.74, 6) is 0.587. The van der Waals surface area contributed by atoms with Crippen LogP contribution in [0, 0.1) is 0 Å². The Morgan fingerprint density at radius 1 is 1.59 bits per heavy atom. The van der Waals surface area contributed by atoms with Gasteiger partial charge in [-0.25, -0.2) is 4.98 Å². The highest BCUT2D eigenvalue weighted by molar-refractivity contribution is 7.22. The zero-order valence-electron chi connectivity index (χ0n) is 9.40. The number of para-hydroxylation sites is 1. The van der Waals surface area contributed by atoms with Crippen LogP contribution in [0.15, 0.2) is 18.2 Å². The van der Waals surface area contributed by atoms with Crippen molar-refractivity contribution in [1.29, 1.82) is 0 Å². The number of hydrogen-bond donors (Lipinski definition) is 2. The van der Waals surface area contributed by atoms with E-state index in [0.717, 1.165) is 10.2 Å². The van der Waals surface area contributed by atoms with E-state index in [4.69, 9.17) is 10.5 Å². The molecule has 17 heavy (non-hydrogen) atoms. The number of anilines is 1. The van der Waals surface area contributed by atoms with Gasteiger partial charge in [0, 0.05) is 13.0 Å². The predicted octanol–water partition coefficient (Wildman–Crippen LogP) is 1.59. The highest BCUT2D eigenvalue weighted by atomic mass is 32.1. The number of carbonyl (C=O) groups is 1. The summed E-state index contributed by atoms with van der Waals surface area (Å²) < 4.78 is 6.18. The topological polar surface area (TPSA) is 77.2 Å². The molecular weight excluding hydrogens is 238 g/mol. The number of carbonyl (C=O) groups excluding carboxylic acids is 1. The molecule has 0 aliphatic rings. The largest absolute Gasteiger partial charge is 0.494 e. The number of nitrogens with zero attached hydrogens (tertiary/aromatic N) is 1. The Hall–Kier alpha value is -1.66. The summed E-state index contributed by atoms with van der Waals surface area (Å²) >= 11 is 1.42. The minimum absolute atomic E-state index is 0.120. The maximum atomic E-state index is 11.4. The molecule has 0 aliphatic carbocycles. The number of rotatable bonds is 4. The van der Waals surface area contributed by atoms with Crippen molar-refractivity contribution in [1.82, 2.24) is 4.98 Å². The molecule has 1 heterocycles. The molecule has 0 saturated carbocycles. The van der Waals surface area contributed by atoms with Crippen LogP contribution in [0.4, 0.5) is 5.13 Å². The van der Waals surface area contributed by atoms with Crippen molar-refractivity contribution in [2.45, 2.75) is 6.42 Å². The molecule has 1 aromatic heterocycles. The smallest absolute Gasteiger partial charge is 0.227 e. The zero-order valence-corrected chi connectivity index (χ0v) is 10.2. The Labute approximate surface area is 103 Å². The third-order valence-electron chi connectivity index (χ3n) is 2.22. The summed E-state index contributed by atoms with van der Waals surface area (Å²) in [6.07, 6.45) is 0.299. The highest BCUT2D eigenvalue weighted by Crippen LogP contribution is 2.31. The van der Waals surface area contributed by atoms with Crippen LogP contribution >= 0.6 is 11.3 Å². The van der Waals surface area contributed by atoms with Crippen LogP contribution in [0.3, 0.4) is 0 Å². The number of thiazole rings is 1. The molecule has 0 saturated heterocycles. The highest BCUT2D eigenvalue weighted by Gasteiger charge is 2.10. The van der Waals surface area contributed by atoms with E-state index in [1.807, 2.05) is 18.2 Å². The number of nitrogens with two attached hydrogens (primary N) is 1. The van der Waals surface area contributed by atoms with Crippen molar-refractivity contribution in [3.05, 3.63) is 18.2 Å². The molecule has 6 heteroatoms. The zero-order chi connectivity index (χ0) is 12.3. The Morgan fingerprint density at radius 3 is 3.12 bits per heavy atom. The van der Waals surface area contributed by atoms with Gasteiger partial charge in [-0.15, -0.1) is 0 Å². The maximum Gasteiger partial charge on any atom is 0.227 e. The van der Waals surface area contributed by atoms with Crippen LogP contribution in [0.25, 0.3) is 10.2 Å². The monoisotopic (exact) mass is 251 g/mol. The fourth-order valence-electron chi connectivity index (χ4n) is 1.45. The number of ether oxygens (including phenoxy) is 1. The minimum Gasteiger partial charge on any atom is -0.494 e. The van der Waals surface area contributed by atoms with Gasteiger partial charge in [0.05, 0.1) is 11.8 Å². The van der Waals surface area contributed by atoms with E-state index in [1.165, 1.54) is 11.3 Å². The van der Waals surface area contributed by atoms with E-state index in [9.17, 15) is 4.79 Å². The maximum absolute atomic E-state index is 11.4. The molecular formula is C11H13N3O2S. The normalized spacial score (nSPS) is 10.5. The van der Waals surface area contributed by atoms with Gasteiger partial charge in [0.2, 0.25) is 5.91 Å². The molecule has 0 unspecified atom stereocenters. The van der Waals surface area contributed by atoms with Gasteiger partial charge >= 0.3 is 0 Å². The van der Waals surface area contributed by atoms with Gasteiger partial charge in [0.15, 0.2) is 5.13 Å². The summed E-state index contributed by atoms with van der Waals surface area (Å²) in [5, 5.41) is 3.29. The lowest BCUT2D eigenvalue weighted by Gasteiger charge is -1.98. The van der Waals surface area contributed by atoms with Crippen LogP contribution in [0.1, 0.15) is 6.42 Å². The van der Waals surface area contributed by atoms with Crippen molar-refractivity contribution in [3.63, 3.8) is 0 Å². The summed E-state index contributed by atoms with van der Waals surface area (Å²) in [6, 6.07) is 5.67. The molecule has 2 rings (SSSR count). The van der Waals surface area contributed by atoms with E-state index in [1.54, 1.807) is 7.11 Å². The molecule has 90 valence electrons. The van der Waals surface area contributed by atoms with E-state index >= 15 is 0 Å². The number of amides is 1. The van der Waals surface area contributed by atoms with Crippen molar-refractivity contribution >= 4 is 32.6 Å². The molecule has 5 nitrogen and oxygen atoms in total. The first-order valence-electron chi connectivity index (χ1n) is 5.18. The standard InChI is InChI=1S/C11H13N3O2S/c1-16-7-3-2-4-8-10(7)14-11(17-8)13-9(15)5-6-12/h2-4H,5-6,12H2,1H3,(H,13,14,15). The lowest BCUT2D eigenvalue weighted by atomic mass is 10.3. The van der Waals surface area contributed by atoms with Crippen LogP contribution < -0.4 is 15.8 Å². The van der Waals surface area contributed by atoms with Crippen molar-refractivity contribution in [2.24, 2.45) is 5.73 Å². The molecule has 0 radical (unpaired) electrons. The molecule has 0 aliphatic heterocycles. The van der Waals surface area contributed by atoms with Crippen LogP contribution in [0.5, 0.6) is 5.75 Å². The van der Waals surface area contributed by atoms with E-state index in [2.05, 4.69) is 10.3 Å². The van der Waals surface area contributed by atoms with Gasteiger partial charge < -0.3 is 15.8 Å². The first-order valence-corrected chi connectivity index (χ1v) is 5.99. The summed E-state index contributed by atoms with van der Waals surface area (Å²) in [6.45, 7) is 0.333. The number of fused-ring (bicyclic) bond motifs is 1. The molecule has 0 atom stereocenters. The van der Waals surface area contributed by atoms with Crippen molar-refractivity contribution < 1.29 is 9.53 Å². The number of benzene rings is 1. The molecule has 1 aromatic carbocycles. The fourth-order valence-corrected chi connectivity index (χ4v) is 2.35.